The third-order valence-electron chi connectivity index (χ3n) is 4.06. The third kappa shape index (κ3) is 3.42. The quantitative estimate of drug-likeness (QED) is 0.752. The largest absolute Gasteiger partial charge is 0.460 e. The fraction of sp³-hybridized carbons (Fsp3) is 0.923. The number of carbonyl (C=O) groups is 1. The molecule has 4 nitrogen and oxygen atoms in total. The zero-order chi connectivity index (χ0) is 12.3. The molecule has 1 aliphatic carbocycles. The van der Waals surface area contributed by atoms with Crippen molar-refractivity contribution in [2.24, 2.45) is 11.7 Å². The number of hydrogen-bond acceptors (Lipinski definition) is 4. The van der Waals surface area contributed by atoms with Crippen molar-refractivity contribution in [2.45, 2.75) is 50.7 Å². The number of ether oxygens (including phenoxy) is 1. The lowest BCUT2D eigenvalue weighted by atomic mass is 9.84. The Hall–Kier alpha value is -0.610. The normalized spacial score (nSPS) is 29.2. The predicted octanol–water partition coefficient (Wildman–Crippen LogP) is 1.14. The van der Waals surface area contributed by atoms with Gasteiger partial charge in [0.1, 0.15) is 12.1 Å². The minimum Gasteiger partial charge on any atom is -0.460 e. The lowest BCUT2D eigenvalue weighted by Gasteiger charge is -2.27. The molecule has 0 aromatic heterocycles. The van der Waals surface area contributed by atoms with Crippen LogP contribution < -0.4 is 5.73 Å². The maximum Gasteiger partial charge on any atom is 0.323 e. The van der Waals surface area contributed by atoms with Gasteiger partial charge in [0, 0.05) is 13.1 Å². The summed E-state index contributed by atoms with van der Waals surface area (Å²) in [5.74, 6) is 0.160. The van der Waals surface area contributed by atoms with Gasteiger partial charge in [0.15, 0.2) is 0 Å². The summed E-state index contributed by atoms with van der Waals surface area (Å²) in [4.78, 5) is 14.1. The number of likely N-dealkylation sites (N-methyl/N-ethyl adjacent to an activating group) is 1. The van der Waals surface area contributed by atoms with E-state index in [1.807, 2.05) is 0 Å². The maximum atomic E-state index is 11.9. The van der Waals surface area contributed by atoms with E-state index < -0.39 is 6.04 Å². The van der Waals surface area contributed by atoms with Crippen LogP contribution in [0.3, 0.4) is 0 Å². The van der Waals surface area contributed by atoms with E-state index in [2.05, 4.69) is 11.9 Å². The summed E-state index contributed by atoms with van der Waals surface area (Å²) in [5.41, 5.74) is 6.02. The molecule has 2 N–H and O–H groups in total. The second-order valence-corrected chi connectivity index (χ2v) is 5.53. The van der Waals surface area contributed by atoms with Crippen LogP contribution in [0, 0.1) is 5.92 Å². The molecule has 0 bridgehead atoms. The van der Waals surface area contributed by atoms with Gasteiger partial charge in [0.2, 0.25) is 0 Å². The molecule has 1 aliphatic heterocycles. The van der Waals surface area contributed by atoms with E-state index in [9.17, 15) is 4.79 Å². The number of carbonyl (C=O) groups excluding carboxylic acids is 1. The standard InChI is InChI=1S/C13H24N2O2/c1-15-8-7-11(9-15)17-13(16)12(14)10-5-3-2-4-6-10/h10-12H,2-9,14H2,1H3. The van der Waals surface area contributed by atoms with Gasteiger partial charge in [-0.25, -0.2) is 0 Å². The van der Waals surface area contributed by atoms with Crippen LogP contribution in [0.15, 0.2) is 0 Å². The smallest absolute Gasteiger partial charge is 0.323 e. The molecule has 98 valence electrons. The molecule has 0 amide bonds. The second-order valence-electron chi connectivity index (χ2n) is 5.53. The molecule has 2 rings (SSSR count). The first-order chi connectivity index (χ1) is 8.16. The predicted molar refractivity (Wildman–Crippen MR) is 66.5 cm³/mol. The lowest BCUT2D eigenvalue weighted by molar-refractivity contribution is -0.151. The van der Waals surface area contributed by atoms with Crippen molar-refractivity contribution in [1.29, 1.82) is 0 Å². The number of rotatable bonds is 3. The Balaban J connectivity index is 1.78. The number of esters is 1. The topological polar surface area (TPSA) is 55.6 Å². The van der Waals surface area contributed by atoms with Crippen LogP contribution in [0.2, 0.25) is 0 Å². The number of hydrogen-bond donors (Lipinski definition) is 1. The van der Waals surface area contributed by atoms with Crippen LogP contribution in [0.1, 0.15) is 38.5 Å². The molecule has 17 heavy (non-hydrogen) atoms. The van der Waals surface area contributed by atoms with Crippen LogP contribution in [-0.2, 0) is 9.53 Å². The van der Waals surface area contributed by atoms with Crippen molar-refractivity contribution in [3.63, 3.8) is 0 Å². The minimum atomic E-state index is -0.402. The lowest BCUT2D eigenvalue weighted by Crippen LogP contribution is -2.42. The molecule has 1 saturated carbocycles. The van der Waals surface area contributed by atoms with E-state index in [0.717, 1.165) is 32.4 Å². The van der Waals surface area contributed by atoms with E-state index in [4.69, 9.17) is 10.5 Å². The Morgan fingerprint density at radius 1 is 1.29 bits per heavy atom. The first kappa shape index (κ1) is 12.8. The van der Waals surface area contributed by atoms with Gasteiger partial charge >= 0.3 is 5.97 Å². The highest BCUT2D eigenvalue weighted by atomic mass is 16.5. The fourth-order valence-electron chi connectivity index (χ4n) is 2.92. The number of likely N-dealkylation sites (tertiary alicyclic amines) is 1. The van der Waals surface area contributed by atoms with E-state index >= 15 is 0 Å². The monoisotopic (exact) mass is 240 g/mol. The summed E-state index contributed by atoms with van der Waals surface area (Å²) in [5, 5.41) is 0. The SMILES string of the molecule is CN1CCC(OC(=O)C(N)C2CCCCC2)C1. The van der Waals surface area contributed by atoms with E-state index in [1.54, 1.807) is 0 Å². The van der Waals surface area contributed by atoms with Crippen LogP contribution in [0.5, 0.6) is 0 Å². The zero-order valence-electron chi connectivity index (χ0n) is 10.7. The molecule has 0 spiro atoms. The van der Waals surface area contributed by atoms with Gasteiger partial charge in [-0.1, -0.05) is 19.3 Å². The summed E-state index contributed by atoms with van der Waals surface area (Å²) in [6.45, 7) is 1.86. The molecular formula is C13H24N2O2. The molecule has 2 atom stereocenters. The van der Waals surface area contributed by atoms with Crippen LogP contribution in [-0.4, -0.2) is 43.2 Å². The molecular weight excluding hydrogens is 216 g/mol. The van der Waals surface area contributed by atoms with Crippen LogP contribution in [0.4, 0.5) is 0 Å². The molecule has 1 heterocycles. The van der Waals surface area contributed by atoms with Crippen LogP contribution in [0.25, 0.3) is 0 Å². The Morgan fingerprint density at radius 2 is 2.00 bits per heavy atom. The van der Waals surface area contributed by atoms with Crippen molar-refractivity contribution in [1.82, 2.24) is 4.90 Å². The molecule has 1 saturated heterocycles. The van der Waals surface area contributed by atoms with E-state index in [-0.39, 0.29) is 12.1 Å². The Labute approximate surface area is 103 Å². The maximum absolute atomic E-state index is 11.9. The van der Waals surface area contributed by atoms with Crippen molar-refractivity contribution < 1.29 is 9.53 Å². The molecule has 0 aromatic carbocycles. The molecule has 4 heteroatoms. The van der Waals surface area contributed by atoms with Gasteiger partial charge in [0.05, 0.1) is 0 Å². The highest BCUT2D eigenvalue weighted by Gasteiger charge is 2.30. The second kappa shape index (κ2) is 5.83. The summed E-state index contributed by atoms with van der Waals surface area (Å²) in [7, 11) is 2.05. The van der Waals surface area contributed by atoms with Gasteiger partial charge in [-0.2, -0.15) is 0 Å². The minimum absolute atomic E-state index is 0.0575. The summed E-state index contributed by atoms with van der Waals surface area (Å²) >= 11 is 0. The third-order valence-corrected chi connectivity index (χ3v) is 4.06. The van der Waals surface area contributed by atoms with Crippen LogP contribution >= 0.6 is 0 Å². The molecule has 2 aliphatic rings. The molecule has 0 radical (unpaired) electrons. The first-order valence-corrected chi connectivity index (χ1v) is 6.81. The highest BCUT2D eigenvalue weighted by molar-refractivity contribution is 5.76. The summed E-state index contributed by atoms with van der Waals surface area (Å²) in [6, 6.07) is -0.402. The average Bonchev–Trinajstić information content (AvgIpc) is 2.75. The van der Waals surface area contributed by atoms with Crippen molar-refractivity contribution in [2.75, 3.05) is 20.1 Å². The van der Waals surface area contributed by atoms with Gasteiger partial charge in [-0.05, 0) is 32.2 Å². The van der Waals surface area contributed by atoms with Crippen molar-refractivity contribution in [3.8, 4) is 0 Å². The first-order valence-electron chi connectivity index (χ1n) is 6.81. The number of nitrogens with two attached hydrogens (primary N) is 1. The van der Waals surface area contributed by atoms with Gasteiger partial charge in [-0.15, -0.1) is 0 Å². The Kier molecular flexibility index (Phi) is 4.40. The van der Waals surface area contributed by atoms with Gasteiger partial charge in [-0.3, -0.25) is 4.79 Å². The fourth-order valence-corrected chi connectivity index (χ4v) is 2.92. The van der Waals surface area contributed by atoms with E-state index in [1.165, 1.54) is 19.3 Å². The Morgan fingerprint density at radius 3 is 2.59 bits per heavy atom. The highest BCUT2D eigenvalue weighted by Crippen LogP contribution is 2.26. The van der Waals surface area contributed by atoms with Crippen molar-refractivity contribution >= 4 is 5.97 Å². The Bertz CT molecular complexity index is 264. The zero-order valence-corrected chi connectivity index (χ0v) is 10.7. The number of nitrogens with zero attached hydrogens (tertiary/aromatic N) is 1. The molecule has 2 unspecified atom stereocenters. The average molecular weight is 240 g/mol. The summed E-state index contributed by atoms with van der Waals surface area (Å²) < 4.78 is 5.49. The van der Waals surface area contributed by atoms with Gasteiger partial charge < -0.3 is 15.4 Å². The van der Waals surface area contributed by atoms with Crippen molar-refractivity contribution in [3.05, 3.63) is 0 Å². The molecule has 0 aromatic rings. The molecule has 2 fully saturated rings. The van der Waals surface area contributed by atoms with E-state index in [0.29, 0.717) is 5.92 Å². The summed E-state index contributed by atoms with van der Waals surface area (Å²) in [6.07, 6.45) is 6.87. The van der Waals surface area contributed by atoms with Gasteiger partial charge in [0.25, 0.3) is 0 Å².